The van der Waals surface area contributed by atoms with Crippen LogP contribution >= 0.6 is 0 Å². The largest absolute Gasteiger partial charge is 0.341 e. The van der Waals surface area contributed by atoms with Gasteiger partial charge in [-0.2, -0.15) is 0 Å². The molecule has 5 nitrogen and oxygen atoms in total. The molecule has 0 aliphatic carbocycles. The molecule has 7 heteroatoms. The summed E-state index contributed by atoms with van der Waals surface area (Å²) in [5.41, 5.74) is 1.62. The minimum absolute atomic E-state index is 0.0162. The first-order valence-electron chi connectivity index (χ1n) is 10.3. The Labute approximate surface area is 174 Å². The monoisotopic (exact) mass is 413 g/mol. The summed E-state index contributed by atoms with van der Waals surface area (Å²) in [6, 6.07) is 13.4. The molecule has 0 N–H and O–H groups in total. The van der Waals surface area contributed by atoms with Crippen molar-refractivity contribution in [2.24, 2.45) is 5.92 Å². The van der Waals surface area contributed by atoms with Crippen LogP contribution in [0.2, 0.25) is 0 Å². The second kappa shape index (κ2) is 8.81. The highest BCUT2D eigenvalue weighted by Crippen LogP contribution is 2.24. The van der Waals surface area contributed by atoms with E-state index in [1.54, 1.807) is 0 Å². The lowest BCUT2D eigenvalue weighted by Gasteiger charge is -2.33. The van der Waals surface area contributed by atoms with E-state index < -0.39 is 11.6 Å². The van der Waals surface area contributed by atoms with Crippen molar-refractivity contribution in [3.05, 3.63) is 65.7 Å². The summed E-state index contributed by atoms with van der Waals surface area (Å²) < 4.78 is 26.6. The molecule has 2 aromatic rings. The number of carbonyl (C=O) groups excluding carboxylic acids is 2. The van der Waals surface area contributed by atoms with E-state index >= 15 is 0 Å². The first-order chi connectivity index (χ1) is 14.5. The lowest BCUT2D eigenvalue weighted by Crippen LogP contribution is -2.45. The molecule has 0 saturated carbocycles. The van der Waals surface area contributed by atoms with Gasteiger partial charge in [-0.05, 0) is 42.9 Å². The Bertz CT molecular complexity index is 914. The van der Waals surface area contributed by atoms with Crippen LogP contribution in [0.5, 0.6) is 0 Å². The van der Waals surface area contributed by atoms with Crippen molar-refractivity contribution < 1.29 is 18.4 Å². The molecule has 2 heterocycles. The Kier molecular flexibility index (Phi) is 5.97. The number of rotatable bonds is 5. The van der Waals surface area contributed by atoms with Crippen LogP contribution in [0.4, 0.5) is 19.3 Å². The maximum absolute atomic E-state index is 13.5. The van der Waals surface area contributed by atoms with Gasteiger partial charge in [-0.25, -0.2) is 13.6 Å². The zero-order chi connectivity index (χ0) is 21.1. The van der Waals surface area contributed by atoms with E-state index in [0.29, 0.717) is 37.8 Å². The molecule has 158 valence electrons. The number of anilines is 1. The fourth-order valence-electron chi connectivity index (χ4n) is 4.22. The van der Waals surface area contributed by atoms with Crippen LogP contribution in [0.3, 0.4) is 0 Å². The van der Waals surface area contributed by atoms with Crippen molar-refractivity contribution >= 4 is 17.6 Å². The molecule has 0 unspecified atom stereocenters. The molecule has 0 aromatic heterocycles. The first kappa shape index (κ1) is 20.3. The molecule has 2 fully saturated rings. The van der Waals surface area contributed by atoms with E-state index in [0.717, 1.165) is 31.4 Å². The highest BCUT2D eigenvalue weighted by Gasteiger charge is 2.33. The Balaban J connectivity index is 1.28. The Morgan fingerprint density at radius 2 is 1.67 bits per heavy atom. The Hall–Kier alpha value is -2.96. The predicted octanol–water partition coefficient (Wildman–Crippen LogP) is 3.69. The number of hydrogen-bond donors (Lipinski definition) is 0. The van der Waals surface area contributed by atoms with Crippen LogP contribution in [0.1, 0.15) is 18.4 Å². The van der Waals surface area contributed by atoms with Crippen LogP contribution in [-0.2, 0) is 11.2 Å². The highest BCUT2D eigenvalue weighted by atomic mass is 19.2. The van der Waals surface area contributed by atoms with Crippen LogP contribution in [0, 0.1) is 17.6 Å². The van der Waals surface area contributed by atoms with Crippen LogP contribution in [-0.4, -0.2) is 54.5 Å². The number of likely N-dealkylation sites (tertiary alicyclic amines) is 1. The predicted molar refractivity (Wildman–Crippen MR) is 110 cm³/mol. The summed E-state index contributed by atoms with van der Waals surface area (Å²) in [6.07, 6.45) is 2.93. The number of urea groups is 1. The smallest absolute Gasteiger partial charge is 0.325 e. The fourth-order valence-corrected chi connectivity index (χ4v) is 4.22. The molecule has 0 spiro atoms. The topological polar surface area (TPSA) is 43.9 Å². The van der Waals surface area contributed by atoms with Gasteiger partial charge in [0.25, 0.3) is 0 Å². The zero-order valence-electron chi connectivity index (χ0n) is 16.8. The van der Waals surface area contributed by atoms with Gasteiger partial charge in [0, 0.05) is 37.9 Å². The molecular weight excluding hydrogens is 388 g/mol. The molecule has 2 saturated heterocycles. The molecule has 4 rings (SSSR count). The summed E-state index contributed by atoms with van der Waals surface area (Å²) in [5.74, 6) is -1.44. The minimum Gasteiger partial charge on any atom is -0.341 e. The summed E-state index contributed by atoms with van der Waals surface area (Å²) in [5, 5.41) is 0. The van der Waals surface area contributed by atoms with E-state index in [4.69, 9.17) is 0 Å². The first-order valence-corrected chi connectivity index (χ1v) is 10.3. The van der Waals surface area contributed by atoms with Crippen molar-refractivity contribution in [1.29, 1.82) is 0 Å². The SMILES string of the molecule is O=C(CN1CCN(c2ccc(F)c(F)c2)C1=O)N1CCC(Cc2ccccc2)CC1. The second-order valence-electron chi connectivity index (χ2n) is 7.97. The van der Waals surface area contributed by atoms with Gasteiger partial charge in [-0.1, -0.05) is 30.3 Å². The number of benzene rings is 2. The third-order valence-electron chi connectivity index (χ3n) is 5.97. The van der Waals surface area contributed by atoms with E-state index in [2.05, 4.69) is 12.1 Å². The van der Waals surface area contributed by atoms with E-state index in [1.807, 2.05) is 23.1 Å². The molecule has 2 aromatic carbocycles. The number of halogens is 2. The van der Waals surface area contributed by atoms with Crippen LogP contribution < -0.4 is 4.90 Å². The molecular formula is C23H25F2N3O2. The van der Waals surface area contributed by atoms with Crippen molar-refractivity contribution in [1.82, 2.24) is 9.80 Å². The van der Waals surface area contributed by atoms with Crippen molar-refractivity contribution in [2.45, 2.75) is 19.3 Å². The molecule has 0 bridgehead atoms. The summed E-state index contributed by atoms with van der Waals surface area (Å²) >= 11 is 0. The number of hydrogen-bond acceptors (Lipinski definition) is 2. The number of amides is 3. The standard InChI is InChI=1S/C23H25F2N3O2/c24-20-7-6-19(15-21(20)25)28-13-12-27(23(28)30)16-22(29)26-10-8-18(9-11-26)14-17-4-2-1-3-5-17/h1-7,15,18H,8-14,16H2. The van der Waals surface area contributed by atoms with Gasteiger partial charge in [0.1, 0.15) is 6.54 Å². The average Bonchev–Trinajstić information content (AvgIpc) is 3.11. The van der Waals surface area contributed by atoms with Crippen molar-refractivity contribution in [3.8, 4) is 0 Å². The quantitative estimate of drug-likeness (QED) is 0.751. The van der Waals surface area contributed by atoms with Gasteiger partial charge in [-0.15, -0.1) is 0 Å². The van der Waals surface area contributed by atoms with Crippen LogP contribution in [0.25, 0.3) is 0 Å². The highest BCUT2D eigenvalue weighted by molar-refractivity contribution is 5.96. The lowest BCUT2D eigenvalue weighted by molar-refractivity contribution is -0.133. The fraction of sp³-hybridized carbons (Fsp3) is 0.391. The van der Waals surface area contributed by atoms with Gasteiger partial charge in [0.2, 0.25) is 5.91 Å². The van der Waals surface area contributed by atoms with Gasteiger partial charge in [-0.3, -0.25) is 9.69 Å². The van der Waals surface area contributed by atoms with E-state index in [1.165, 1.54) is 21.4 Å². The zero-order valence-corrected chi connectivity index (χ0v) is 16.8. The Morgan fingerprint density at radius 3 is 2.37 bits per heavy atom. The third-order valence-corrected chi connectivity index (χ3v) is 5.97. The minimum atomic E-state index is -0.992. The molecule has 2 aliphatic heterocycles. The lowest BCUT2D eigenvalue weighted by atomic mass is 9.90. The summed E-state index contributed by atoms with van der Waals surface area (Å²) in [4.78, 5) is 30.0. The third kappa shape index (κ3) is 4.45. The maximum Gasteiger partial charge on any atom is 0.325 e. The molecule has 30 heavy (non-hydrogen) atoms. The normalized spacial score (nSPS) is 17.7. The molecule has 0 radical (unpaired) electrons. The summed E-state index contributed by atoms with van der Waals surface area (Å²) in [6.45, 7) is 2.14. The van der Waals surface area contributed by atoms with Gasteiger partial charge < -0.3 is 9.80 Å². The second-order valence-corrected chi connectivity index (χ2v) is 7.97. The Morgan fingerprint density at radius 1 is 0.933 bits per heavy atom. The van der Waals surface area contributed by atoms with Crippen LogP contribution in [0.15, 0.2) is 48.5 Å². The molecule has 3 amide bonds. The number of piperidine rings is 1. The van der Waals surface area contributed by atoms with Gasteiger partial charge in [0.05, 0.1) is 0 Å². The molecule has 2 aliphatic rings. The number of nitrogens with zero attached hydrogens (tertiary/aromatic N) is 3. The number of carbonyl (C=O) groups is 2. The van der Waals surface area contributed by atoms with Crippen molar-refractivity contribution in [2.75, 3.05) is 37.6 Å². The maximum atomic E-state index is 13.5. The van der Waals surface area contributed by atoms with Gasteiger partial charge in [0.15, 0.2) is 11.6 Å². The van der Waals surface area contributed by atoms with E-state index in [-0.39, 0.29) is 18.5 Å². The average molecular weight is 413 g/mol. The summed E-state index contributed by atoms with van der Waals surface area (Å²) in [7, 11) is 0. The van der Waals surface area contributed by atoms with Gasteiger partial charge >= 0.3 is 6.03 Å². The van der Waals surface area contributed by atoms with E-state index in [9.17, 15) is 18.4 Å². The molecule has 0 atom stereocenters. The van der Waals surface area contributed by atoms with Crippen molar-refractivity contribution in [3.63, 3.8) is 0 Å².